The Morgan fingerprint density at radius 3 is 3.09 bits per heavy atom. The molecule has 0 saturated heterocycles. The molecule has 0 aromatic carbocycles. The second-order valence-electron chi connectivity index (χ2n) is 4.90. The maximum absolute atomic E-state index is 12.3. The highest BCUT2D eigenvalue weighted by Gasteiger charge is 2.21. The Morgan fingerprint density at radius 1 is 1.48 bits per heavy atom. The lowest BCUT2D eigenvalue weighted by molar-refractivity contribution is 0.0923. The topological polar surface area (TPSA) is 122 Å². The molecule has 0 radical (unpaired) electrons. The van der Waals surface area contributed by atoms with E-state index in [0.717, 1.165) is 12.0 Å². The molecule has 0 aliphatic rings. The Kier molecular flexibility index (Phi) is 4.37. The summed E-state index contributed by atoms with van der Waals surface area (Å²) in [5.41, 5.74) is 0.941. The first-order valence-corrected chi connectivity index (χ1v) is 7.19. The summed E-state index contributed by atoms with van der Waals surface area (Å²) >= 11 is 0. The van der Waals surface area contributed by atoms with E-state index in [9.17, 15) is 4.79 Å². The lowest BCUT2D eigenvalue weighted by Crippen LogP contribution is -2.29. The molecule has 0 aliphatic heterocycles. The molecule has 0 unspecified atom stereocenters. The second-order valence-corrected chi connectivity index (χ2v) is 4.90. The van der Waals surface area contributed by atoms with E-state index in [-0.39, 0.29) is 17.6 Å². The highest BCUT2D eigenvalue weighted by molar-refractivity contribution is 5.93. The van der Waals surface area contributed by atoms with Gasteiger partial charge in [0.25, 0.3) is 5.91 Å². The minimum absolute atomic E-state index is 0.188. The van der Waals surface area contributed by atoms with Crippen molar-refractivity contribution in [3.63, 3.8) is 0 Å². The molecule has 9 nitrogen and oxygen atoms in total. The van der Waals surface area contributed by atoms with Crippen molar-refractivity contribution in [1.29, 1.82) is 0 Å². The number of hydrogen-bond acceptors (Lipinski definition) is 7. The van der Waals surface area contributed by atoms with E-state index in [1.165, 1.54) is 0 Å². The fraction of sp³-hybridized carbons (Fsp3) is 0.286. The highest BCUT2D eigenvalue weighted by Crippen LogP contribution is 2.20. The average Bonchev–Trinajstić information content (AvgIpc) is 3.27. The lowest BCUT2D eigenvalue weighted by Gasteiger charge is -2.12. The van der Waals surface area contributed by atoms with Crippen LogP contribution in [0.4, 0.5) is 0 Å². The summed E-state index contributed by atoms with van der Waals surface area (Å²) in [6.45, 7) is 2.01. The van der Waals surface area contributed by atoms with Gasteiger partial charge in [0.1, 0.15) is 0 Å². The molecule has 3 aromatic rings. The molecule has 3 aromatic heterocycles. The first-order chi connectivity index (χ1) is 11.3. The molecule has 118 valence electrons. The normalized spacial score (nSPS) is 12.0. The van der Waals surface area contributed by atoms with Crippen molar-refractivity contribution in [2.45, 2.75) is 25.8 Å². The largest absolute Gasteiger partial charge is 0.355 e. The first-order valence-electron chi connectivity index (χ1n) is 7.19. The van der Waals surface area contributed by atoms with Gasteiger partial charge in [0.05, 0.1) is 6.04 Å². The molecule has 0 aliphatic carbocycles. The van der Waals surface area contributed by atoms with Crippen LogP contribution < -0.4 is 5.32 Å². The van der Waals surface area contributed by atoms with Crippen LogP contribution in [-0.4, -0.2) is 36.7 Å². The van der Waals surface area contributed by atoms with Gasteiger partial charge in [-0.1, -0.05) is 23.7 Å². The zero-order valence-electron chi connectivity index (χ0n) is 12.4. The number of tetrazole rings is 1. The Balaban J connectivity index is 1.74. The van der Waals surface area contributed by atoms with Crippen LogP contribution in [0.15, 0.2) is 35.1 Å². The lowest BCUT2D eigenvalue weighted by atomic mass is 10.1. The van der Waals surface area contributed by atoms with Gasteiger partial charge < -0.3 is 9.84 Å². The minimum atomic E-state index is -0.354. The van der Waals surface area contributed by atoms with E-state index < -0.39 is 0 Å². The third kappa shape index (κ3) is 3.39. The van der Waals surface area contributed by atoms with Gasteiger partial charge in [-0.3, -0.25) is 9.78 Å². The number of amides is 1. The average molecular weight is 313 g/mol. The monoisotopic (exact) mass is 313 g/mol. The molecular formula is C14H15N7O2. The van der Waals surface area contributed by atoms with Gasteiger partial charge in [-0.25, -0.2) is 0 Å². The molecule has 9 heteroatoms. The SMILES string of the molecule is CCC[C@H](NC(=O)c1cc(-c2cccnc2)on1)c1nn[nH]n1. The number of aromatic nitrogens is 6. The van der Waals surface area contributed by atoms with Crippen LogP contribution >= 0.6 is 0 Å². The summed E-state index contributed by atoms with van der Waals surface area (Å²) in [5, 5.41) is 20.4. The Bertz CT molecular complexity index is 755. The van der Waals surface area contributed by atoms with Crippen LogP contribution in [0.1, 0.15) is 42.1 Å². The number of nitrogens with one attached hydrogen (secondary N) is 2. The van der Waals surface area contributed by atoms with Gasteiger partial charge in [-0.15, -0.1) is 10.2 Å². The summed E-state index contributed by atoms with van der Waals surface area (Å²) in [7, 11) is 0. The molecule has 0 bridgehead atoms. The standard InChI is InChI=1S/C14H15N7O2/c1-2-4-10(13-17-20-21-18-13)16-14(22)11-7-12(23-19-11)9-5-3-6-15-8-9/h3,5-8,10H,2,4H2,1H3,(H,16,22)(H,17,18,20,21)/t10-/m0/s1. The van der Waals surface area contributed by atoms with Crippen molar-refractivity contribution in [3.05, 3.63) is 42.1 Å². The predicted molar refractivity (Wildman–Crippen MR) is 79.0 cm³/mol. The Morgan fingerprint density at radius 2 is 2.39 bits per heavy atom. The predicted octanol–water partition coefficient (Wildman–Crippen LogP) is 1.52. The van der Waals surface area contributed by atoms with E-state index in [4.69, 9.17) is 4.52 Å². The van der Waals surface area contributed by atoms with Crippen molar-refractivity contribution in [2.24, 2.45) is 0 Å². The maximum Gasteiger partial charge on any atom is 0.274 e. The smallest absolute Gasteiger partial charge is 0.274 e. The summed E-state index contributed by atoms with van der Waals surface area (Å²) in [6.07, 6.45) is 4.85. The van der Waals surface area contributed by atoms with Crippen LogP contribution in [0.25, 0.3) is 11.3 Å². The van der Waals surface area contributed by atoms with Gasteiger partial charge in [0.2, 0.25) is 0 Å². The molecule has 1 amide bonds. The number of pyridine rings is 1. The Hall–Kier alpha value is -3.10. The number of hydrogen-bond donors (Lipinski definition) is 2. The quantitative estimate of drug-likeness (QED) is 0.707. The van der Waals surface area contributed by atoms with Crippen molar-refractivity contribution >= 4 is 5.91 Å². The molecule has 0 spiro atoms. The van der Waals surface area contributed by atoms with Crippen LogP contribution in [0.2, 0.25) is 0 Å². The van der Waals surface area contributed by atoms with Crippen LogP contribution in [0.5, 0.6) is 0 Å². The van der Waals surface area contributed by atoms with E-state index >= 15 is 0 Å². The molecular weight excluding hydrogens is 298 g/mol. The first kappa shape index (κ1) is 14.8. The third-order valence-electron chi connectivity index (χ3n) is 3.24. The van der Waals surface area contributed by atoms with Crippen molar-refractivity contribution in [1.82, 2.24) is 36.1 Å². The van der Waals surface area contributed by atoms with Crippen LogP contribution in [0.3, 0.4) is 0 Å². The second kappa shape index (κ2) is 6.77. The van der Waals surface area contributed by atoms with Crippen molar-refractivity contribution < 1.29 is 9.32 Å². The van der Waals surface area contributed by atoms with Crippen molar-refractivity contribution in [2.75, 3.05) is 0 Å². The zero-order chi connectivity index (χ0) is 16.1. The summed E-state index contributed by atoms with van der Waals surface area (Å²) in [5.74, 6) is 0.568. The molecule has 0 fully saturated rings. The number of rotatable bonds is 6. The molecule has 1 atom stereocenters. The van der Waals surface area contributed by atoms with Gasteiger partial charge in [0.15, 0.2) is 17.3 Å². The van der Waals surface area contributed by atoms with Gasteiger partial charge in [-0.05, 0) is 18.6 Å². The van der Waals surface area contributed by atoms with Gasteiger partial charge >= 0.3 is 0 Å². The minimum Gasteiger partial charge on any atom is -0.355 e. The number of nitrogens with zero attached hydrogens (tertiary/aromatic N) is 5. The fourth-order valence-electron chi connectivity index (χ4n) is 2.13. The number of carbonyl (C=O) groups is 1. The fourth-order valence-corrected chi connectivity index (χ4v) is 2.13. The zero-order valence-corrected chi connectivity index (χ0v) is 12.4. The third-order valence-corrected chi connectivity index (χ3v) is 3.24. The molecule has 0 saturated carbocycles. The number of carbonyl (C=O) groups excluding carboxylic acids is 1. The van der Waals surface area contributed by atoms with E-state index in [0.29, 0.717) is 18.0 Å². The van der Waals surface area contributed by atoms with Crippen molar-refractivity contribution in [3.8, 4) is 11.3 Å². The van der Waals surface area contributed by atoms with Gasteiger partial charge in [0, 0.05) is 24.0 Å². The van der Waals surface area contributed by atoms with Crippen LogP contribution in [0, 0.1) is 0 Å². The summed E-state index contributed by atoms with van der Waals surface area (Å²) in [6, 6.07) is 4.86. The molecule has 2 N–H and O–H groups in total. The van der Waals surface area contributed by atoms with E-state index in [1.807, 2.05) is 13.0 Å². The molecule has 3 rings (SSSR count). The number of aromatic amines is 1. The van der Waals surface area contributed by atoms with E-state index in [2.05, 4.69) is 36.1 Å². The van der Waals surface area contributed by atoms with Gasteiger partial charge in [-0.2, -0.15) is 5.21 Å². The maximum atomic E-state index is 12.3. The highest BCUT2D eigenvalue weighted by atomic mass is 16.5. The van der Waals surface area contributed by atoms with E-state index in [1.54, 1.807) is 24.5 Å². The molecule has 23 heavy (non-hydrogen) atoms. The molecule has 3 heterocycles. The number of H-pyrrole nitrogens is 1. The Labute approximate surface area is 131 Å². The summed E-state index contributed by atoms with van der Waals surface area (Å²) < 4.78 is 5.20. The van der Waals surface area contributed by atoms with Crippen LogP contribution in [-0.2, 0) is 0 Å². The summed E-state index contributed by atoms with van der Waals surface area (Å²) in [4.78, 5) is 16.3.